The lowest BCUT2D eigenvalue weighted by Crippen LogP contribution is -2.53. The molecular weight excluding hydrogens is 402 g/mol. The monoisotopic (exact) mass is 416 g/mol. The summed E-state index contributed by atoms with van der Waals surface area (Å²) in [7, 11) is 0. The maximum absolute atomic E-state index is 12.9. The number of aryl methyl sites for hydroxylation is 1. The molecule has 0 atom stereocenters. The summed E-state index contributed by atoms with van der Waals surface area (Å²) < 4.78 is 77.2. The maximum Gasteiger partial charge on any atom is 0.430 e. The Kier molecular flexibility index (Phi) is 6.23. The summed E-state index contributed by atoms with van der Waals surface area (Å²) in [6, 6.07) is 10.7. The molecule has 2 aromatic rings. The Morgan fingerprint density at radius 2 is 1.45 bits per heavy atom. The number of halogens is 6. The van der Waals surface area contributed by atoms with Crippen LogP contribution in [0, 0.1) is 11.3 Å². The number of rotatable bonds is 5. The van der Waals surface area contributed by atoms with Gasteiger partial charge in [-0.2, -0.15) is 31.6 Å². The number of hydrogen-bond acceptors (Lipinski definition) is 3. The fourth-order valence-electron chi connectivity index (χ4n) is 2.51. The van der Waals surface area contributed by atoms with Crippen molar-refractivity contribution in [2.24, 2.45) is 0 Å². The first kappa shape index (κ1) is 22.2. The van der Waals surface area contributed by atoms with Gasteiger partial charge >= 0.3 is 12.4 Å². The lowest BCUT2D eigenvalue weighted by molar-refractivity contribution is -0.376. The Bertz CT molecular complexity index is 883. The summed E-state index contributed by atoms with van der Waals surface area (Å²) in [5, 5.41) is 20.2. The zero-order valence-electron chi connectivity index (χ0n) is 14.6. The van der Waals surface area contributed by atoms with E-state index in [1.54, 1.807) is 12.1 Å². The Morgan fingerprint density at radius 1 is 0.931 bits per heavy atom. The second kappa shape index (κ2) is 8.13. The van der Waals surface area contributed by atoms with Gasteiger partial charge in [-0.1, -0.05) is 24.3 Å². The van der Waals surface area contributed by atoms with Crippen LogP contribution in [0.25, 0.3) is 0 Å². The standard InChI is InChI=1S/C19H14F6N2O2/c20-18(21,22)17(29,19(23,24)25)14-7-9-15(10-8-14)27-16(28)13-5-3-12(4-6-13)2-1-11-26/h3-10,29H,1-2H2,(H,27,28). The van der Waals surface area contributed by atoms with E-state index in [9.17, 15) is 36.2 Å². The van der Waals surface area contributed by atoms with Crippen molar-refractivity contribution < 1.29 is 36.2 Å². The normalized spacial score (nSPS) is 12.3. The third-order valence-electron chi connectivity index (χ3n) is 4.12. The molecule has 154 valence electrons. The average molecular weight is 416 g/mol. The van der Waals surface area contributed by atoms with Gasteiger partial charge in [0.2, 0.25) is 0 Å². The van der Waals surface area contributed by atoms with Crippen LogP contribution in [0.2, 0.25) is 0 Å². The zero-order chi connectivity index (χ0) is 21.9. The highest BCUT2D eigenvalue weighted by molar-refractivity contribution is 6.04. The summed E-state index contributed by atoms with van der Waals surface area (Å²) >= 11 is 0. The second-order valence-electron chi connectivity index (χ2n) is 6.09. The Labute approximate surface area is 161 Å². The number of benzene rings is 2. The van der Waals surface area contributed by atoms with Gasteiger partial charge in [-0.3, -0.25) is 4.79 Å². The third kappa shape index (κ3) is 4.68. The van der Waals surface area contributed by atoms with E-state index in [1.807, 2.05) is 6.07 Å². The van der Waals surface area contributed by atoms with Crippen molar-refractivity contribution in [2.45, 2.75) is 30.8 Å². The van der Waals surface area contributed by atoms with Gasteiger partial charge < -0.3 is 10.4 Å². The molecule has 0 unspecified atom stereocenters. The van der Waals surface area contributed by atoms with Gasteiger partial charge in [-0.15, -0.1) is 0 Å². The molecule has 0 aliphatic heterocycles. The number of alkyl halides is 6. The van der Waals surface area contributed by atoms with Gasteiger partial charge in [0.1, 0.15) is 0 Å². The Balaban J connectivity index is 2.18. The highest BCUT2D eigenvalue weighted by atomic mass is 19.4. The van der Waals surface area contributed by atoms with Gasteiger partial charge in [-0.05, 0) is 36.2 Å². The molecule has 4 nitrogen and oxygen atoms in total. The number of nitrogens with zero attached hydrogens (tertiary/aromatic N) is 1. The van der Waals surface area contributed by atoms with E-state index in [0.29, 0.717) is 25.0 Å². The fourth-order valence-corrected chi connectivity index (χ4v) is 2.51. The van der Waals surface area contributed by atoms with E-state index >= 15 is 0 Å². The van der Waals surface area contributed by atoms with Crippen molar-refractivity contribution in [3.05, 3.63) is 65.2 Å². The minimum Gasteiger partial charge on any atom is -0.369 e. The van der Waals surface area contributed by atoms with E-state index in [1.165, 1.54) is 12.1 Å². The molecule has 0 saturated heterocycles. The Morgan fingerprint density at radius 3 is 1.90 bits per heavy atom. The number of nitrogens with one attached hydrogen (secondary N) is 1. The van der Waals surface area contributed by atoms with Crippen LogP contribution in [-0.4, -0.2) is 23.4 Å². The van der Waals surface area contributed by atoms with Crippen molar-refractivity contribution in [2.75, 3.05) is 5.32 Å². The molecule has 0 bridgehead atoms. The lowest BCUT2D eigenvalue weighted by atomic mass is 9.92. The molecule has 0 saturated carbocycles. The van der Waals surface area contributed by atoms with E-state index < -0.39 is 29.4 Å². The molecule has 29 heavy (non-hydrogen) atoms. The largest absolute Gasteiger partial charge is 0.430 e. The van der Waals surface area contributed by atoms with Gasteiger partial charge in [-0.25, -0.2) is 0 Å². The summed E-state index contributed by atoms with van der Waals surface area (Å²) in [5.74, 6) is -0.633. The minimum atomic E-state index is -5.98. The topological polar surface area (TPSA) is 73.1 Å². The predicted octanol–water partition coefficient (Wildman–Crippen LogP) is 4.71. The van der Waals surface area contributed by atoms with Gasteiger partial charge in [0, 0.05) is 23.2 Å². The van der Waals surface area contributed by atoms with Crippen LogP contribution in [0.1, 0.15) is 27.9 Å². The molecule has 0 heterocycles. The number of carbonyl (C=O) groups excluding carboxylic acids is 1. The van der Waals surface area contributed by atoms with Crippen LogP contribution in [0.4, 0.5) is 32.0 Å². The quantitative estimate of drug-likeness (QED) is 0.694. The van der Waals surface area contributed by atoms with E-state index in [2.05, 4.69) is 5.32 Å². The van der Waals surface area contributed by atoms with Gasteiger partial charge in [0.25, 0.3) is 11.5 Å². The molecule has 0 aromatic heterocycles. The van der Waals surface area contributed by atoms with E-state index in [4.69, 9.17) is 5.26 Å². The number of anilines is 1. The van der Waals surface area contributed by atoms with Crippen molar-refractivity contribution >= 4 is 11.6 Å². The number of nitriles is 1. The van der Waals surface area contributed by atoms with Gasteiger partial charge in [0.05, 0.1) is 6.07 Å². The summed E-state index contributed by atoms with van der Waals surface area (Å²) in [4.78, 5) is 12.2. The van der Waals surface area contributed by atoms with Crippen LogP contribution in [0.15, 0.2) is 48.5 Å². The molecule has 2 rings (SSSR count). The van der Waals surface area contributed by atoms with Crippen molar-refractivity contribution in [3.8, 4) is 6.07 Å². The van der Waals surface area contributed by atoms with Crippen LogP contribution < -0.4 is 5.32 Å². The molecule has 2 N–H and O–H groups in total. The highest BCUT2D eigenvalue weighted by Crippen LogP contribution is 2.50. The molecule has 10 heteroatoms. The van der Waals surface area contributed by atoms with Crippen LogP contribution in [-0.2, 0) is 12.0 Å². The lowest BCUT2D eigenvalue weighted by Gasteiger charge is -2.32. The minimum absolute atomic E-state index is 0.0565. The highest BCUT2D eigenvalue weighted by Gasteiger charge is 2.71. The number of hydrogen-bond donors (Lipinski definition) is 2. The molecule has 0 aliphatic carbocycles. The second-order valence-corrected chi connectivity index (χ2v) is 6.09. The van der Waals surface area contributed by atoms with Crippen molar-refractivity contribution in [1.82, 2.24) is 0 Å². The van der Waals surface area contributed by atoms with Crippen LogP contribution in [0.3, 0.4) is 0 Å². The average Bonchev–Trinajstić information content (AvgIpc) is 2.65. The Hall–Kier alpha value is -3.06. The zero-order valence-corrected chi connectivity index (χ0v) is 14.6. The molecule has 1 amide bonds. The first-order valence-corrected chi connectivity index (χ1v) is 8.14. The summed E-state index contributed by atoms with van der Waals surface area (Å²) in [6.45, 7) is 0. The smallest absolute Gasteiger partial charge is 0.369 e. The molecule has 0 fully saturated rings. The number of carbonyl (C=O) groups is 1. The molecule has 0 spiro atoms. The van der Waals surface area contributed by atoms with E-state index in [0.717, 1.165) is 17.7 Å². The van der Waals surface area contributed by atoms with Crippen LogP contribution in [0.5, 0.6) is 0 Å². The maximum atomic E-state index is 12.9. The van der Waals surface area contributed by atoms with Crippen molar-refractivity contribution in [1.29, 1.82) is 5.26 Å². The molecular formula is C19H14F6N2O2. The number of aliphatic hydroxyl groups is 1. The fraction of sp³-hybridized carbons (Fsp3) is 0.263. The predicted molar refractivity (Wildman–Crippen MR) is 90.8 cm³/mol. The van der Waals surface area contributed by atoms with Crippen LogP contribution >= 0.6 is 0 Å². The van der Waals surface area contributed by atoms with E-state index in [-0.39, 0.29) is 11.3 Å². The summed E-state index contributed by atoms with van der Waals surface area (Å²) in [5.41, 5.74) is -5.47. The SMILES string of the molecule is N#CCCc1ccc(C(=O)Nc2ccc(C(O)(C(F)(F)F)C(F)(F)F)cc2)cc1. The van der Waals surface area contributed by atoms with Crippen molar-refractivity contribution in [3.63, 3.8) is 0 Å². The first-order valence-electron chi connectivity index (χ1n) is 8.14. The third-order valence-corrected chi connectivity index (χ3v) is 4.12. The number of amides is 1. The first-order chi connectivity index (χ1) is 13.4. The molecule has 2 aromatic carbocycles. The molecule has 0 aliphatic rings. The van der Waals surface area contributed by atoms with Gasteiger partial charge in [0.15, 0.2) is 0 Å². The summed E-state index contributed by atoms with van der Waals surface area (Å²) in [6.07, 6.45) is -11.2. The molecule has 0 radical (unpaired) electrons.